The second-order valence-corrected chi connectivity index (χ2v) is 7.29. The summed E-state index contributed by atoms with van der Waals surface area (Å²) in [7, 11) is -3.15. The standard InChI is InChI=1S/C12H18BrNO2S/c1-10(2)6-7-17(15,16)14-9-11-4-3-5-12(13)8-11/h3-5,8,10,14H,6-7,9H2,1-2H3. The van der Waals surface area contributed by atoms with Crippen molar-refractivity contribution in [3.8, 4) is 0 Å². The molecule has 3 nitrogen and oxygen atoms in total. The van der Waals surface area contributed by atoms with Gasteiger partial charge < -0.3 is 0 Å². The van der Waals surface area contributed by atoms with E-state index >= 15 is 0 Å². The van der Waals surface area contributed by atoms with Crippen molar-refractivity contribution in [3.05, 3.63) is 34.3 Å². The molecule has 5 heteroatoms. The molecule has 0 atom stereocenters. The molecule has 1 rings (SSSR count). The van der Waals surface area contributed by atoms with Gasteiger partial charge in [-0.3, -0.25) is 0 Å². The minimum Gasteiger partial charge on any atom is -0.212 e. The van der Waals surface area contributed by atoms with E-state index in [4.69, 9.17) is 0 Å². The first-order chi connectivity index (χ1) is 7.89. The summed E-state index contributed by atoms with van der Waals surface area (Å²) >= 11 is 3.36. The molecule has 0 amide bonds. The minimum absolute atomic E-state index is 0.193. The van der Waals surface area contributed by atoms with Crippen LogP contribution in [-0.2, 0) is 16.6 Å². The van der Waals surface area contributed by atoms with Crippen molar-refractivity contribution < 1.29 is 8.42 Å². The van der Waals surface area contributed by atoms with Crippen LogP contribution in [0.25, 0.3) is 0 Å². The van der Waals surface area contributed by atoms with Crippen LogP contribution in [-0.4, -0.2) is 14.2 Å². The lowest BCUT2D eigenvalue weighted by Gasteiger charge is -2.08. The van der Waals surface area contributed by atoms with Crippen molar-refractivity contribution in [1.82, 2.24) is 4.72 Å². The maximum Gasteiger partial charge on any atom is 0.211 e. The van der Waals surface area contributed by atoms with Gasteiger partial charge in [0, 0.05) is 11.0 Å². The summed E-state index contributed by atoms with van der Waals surface area (Å²) in [5, 5.41) is 0. The Bertz CT molecular complexity index is 457. The van der Waals surface area contributed by atoms with Gasteiger partial charge in [0.05, 0.1) is 5.75 Å². The average molecular weight is 320 g/mol. The van der Waals surface area contributed by atoms with Crippen molar-refractivity contribution in [3.63, 3.8) is 0 Å². The Balaban J connectivity index is 2.50. The molecule has 0 aliphatic rings. The van der Waals surface area contributed by atoms with Crippen LogP contribution in [0.2, 0.25) is 0 Å². The molecular formula is C12H18BrNO2S. The maximum atomic E-state index is 11.7. The smallest absolute Gasteiger partial charge is 0.211 e. The van der Waals surface area contributed by atoms with Crippen molar-refractivity contribution in [1.29, 1.82) is 0 Å². The second-order valence-electron chi connectivity index (χ2n) is 4.45. The number of halogens is 1. The molecule has 0 radical (unpaired) electrons. The summed E-state index contributed by atoms with van der Waals surface area (Å²) in [6, 6.07) is 7.61. The molecule has 0 saturated carbocycles. The zero-order valence-electron chi connectivity index (χ0n) is 10.1. The molecule has 1 aromatic carbocycles. The lowest BCUT2D eigenvalue weighted by atomic mass is 10.2. The minimum atomic E-state index is -3.15. The van der Waals surface area contributed by atoms with Crippen molar-refractivity contribution >= 4 is 26.0 Å². The van der Waals surface area contributed by atoms with Gasteiger partial charge in [0.2, 0.25) is 10.0 Å². The van der Waals surface area contributed by atoms with E-state index in [2.05, 4.69) is 20.7 Å². The lowest BCUT2D eigenvalue weighted by Crippen LogP contribution is -2.26. The van der Waals surface area contributed by atoms with E-state index in [1.165, 1.54) is 0 Å². The van der Waals surface area contributed by atoms with Crippen LogP contribution >= 0.6 is 15.9 Å². The van der Waals surface area contributed by atoms with Crippen LogP contribution in [0.4, 0.5) is 0 Å². The first-order valence-corrected chi connectivity index (χ1v) is 8.05. The maximum absolute atomic E-state index is 11.7. The van der Waals surface area contributed by atoms with Gasteiger partial charge in [0.15, 0.2) is 0 Å². The molecule has 17 heavy (non-hydrogen) atoms. The van der Waals surface area contributed by atoms with E-state index < -0.39 is 10.0 Å². The summed E-state index contributed by atoms with van der Waals surface area (Å²) < 4.78 is 26.9. The molecule has 0 fully saturated rings. The van der Waals surface area contributed by atoms with Crippen molar-refractivity contribution in [2.45, 2.75) is 26.8 Å². The summed E-state index contributed by atoms with van der Waals surface area (Å²) in [6.07, 6.45) is 0.688. The molecule has 1 N–H and O–H groups in total. The molecule has 0 heterocycles. The van der Waals surface area contributed by atoms with E-state index in [0.717, 1.165) is 10.0 Å². The summed E-state index contributed by atoms with van der Waals surface area (Å²) in [4.78, 5) is 0. The van der Waals surface area contributed by atoms with Crippen molar-refractivity contribution in [2.24, 2.45) is 5.92 Å². The van der Waals surface area contributed by atoms with Gasteiger partial charge in [-0.2, -0.15) is 0 Å². The Labute approximate surface area is 112 Å². The fraction of sp³-hybridized carbons (Fsp3) is 0.500. The third-order valence-corrected chi connectivity index (χ3v) is 4.20. The topological polar surface area (TPSA) is 46.2 Å². The monoisotopic (exact) mass is 319 g/mol. The zero-order chi connectivity index (χ0) is 12.9. The van der Waals surface area contributed by atoms with Gasteiger partial charge in [-0.15, -0.1) is 0 Å². The Morgan fingerprint density at radius 2 is 2.06 bits per heavy atom. The Morgan fingerprint density at radius 3 is 2.65 bits per heavy atom. The van der Waals surface area contributed by atoms with Gasteiger partial charge in [-0.25, -0.2) is 13.1 Å². The van der Waals surface area contributed by atoms with Crippen LogP contribution in [0.5, 0.6) is 0 Å². The summed E-state index contributed by atoms with van der Waals surface area (Å²) in [5.41, 5.74) is 0.951. The fourth-order valence-corrected chi connectivity index (χ4v) is 3.06. The molecular weight excluding hydrogens is 302 g/mol. The average Bonchev–Trinajstić information content (AvgIpc) is 2.24. The molecule has 0 unspecified atom stereocenters. The molecule has 1 aromatic rings. The van der Waals surface area contributed by atoms with Crippen LogP contribution < -0.4 is 4.72 Å². The van der Waals surface area contributed by atoms with Gasteiger partial charge in [0.25, 0.3) is 0 Å². The number of rotatable bonds is 6. The Kier molecular flexibility index (Phi) is 5.62. The normalized spacial score (nSPS) is 12.0. The number of nitrogens with one attached hydrogen (secondary N) is 1. The van der Waals surface area contributed by atoms with Gasteiger partial charge in [-0.1, -0.05) is 41.9 Å². The molecule has 0 aromatic heterocycles. The highest BCUT2D eigenvalue weighted by Gasteiger charge is 2.10. The predicted molar refractivity (Wildman–Crippen MR) is 74.2 cm³/mol. The largest absolute Gasteiger partial charge is 0.212 e. The highest BCUT2D eigenvalue weighted by molar-refractivity contribution is 9.10. The lowest BCUT2D eigenvalue weighted by molar-refractivity contribution is 0.561. The van der Waals surface area contributed by atoms with Crippen LogP contribution in [0, 0.1) is 5.92 Å². The molecule has 96 valence electrons. The van der Waals surface area contributed by atoms with E-state index in [0.29, 0.717) is 18.9 Å². The predicted octanol–water partition coefficient (Wildman–Crippen LogP) is 2.91. The quantitative estimate of drug-likeness (QED) is 0.876. The van der Waals surface area contributed by atoms with Gasteiger partial charge in [0.1, 0.15) is 0 Å². The van der Waals surface area contributed by atoms with E-state index in [1.54, 1.807) is 0 Å². The number of benzene rings is 1. The number of hydrogen-bond acceptors (Lipinski definition) is 2. The highest BCUT2D eigenvalue weighted by Crippen LogP contribution is 2.11. The SMILES string of the molecule is CC(C)CCS(=O)(=O)NCc1cccc(Br)c1. The van der Waals surface area contributed by atoms with Crippen LogP contribution in [0.3, 0.4) is 0 Å². The second kappa shape index (κ2) is 6.52. The Hall–Kier alpha value is -0.390. The van der Waals surface area contributed by atoms with Gasteiger partial charge in [-0.05, 0) is 30.0 Å². The van der Waals surface area contributed by atoms with Crippen LogP contribution in [0.1, 0.15) is 25.8 Å². The molecule has 0 saturated heterocycles. The molecule has 0 bridgehead atoms. The Morgan fingerprint density at radius 1 is 1.35 bits per heavy atom. The van der Waals surface area contributed by atoms with E-state index in [1.807, 2.05) is 38.1 Å². The third-order valence-electron chi connectivity index (χ3n) is 2.35. The zero-order valence-corrected chi connectivity index (χ0v) is 12.5. The molecule has 0 aliphatic carbocycles. The van der Waals surface area contributed by atoms with Gasteiger partial charge >= 0.3 is 0 Å². The number of sulfonamides is 1. The summed E-state index contributed by atoms with van der Waals surface area (Å²) in [6.45, 7) is 4.38. The fourth-order valence-electron chi connectivity index (χ4n) is 1.30. The first-order valence-electron chi connectivity index (χ1n) is 5.61. The highest BCUT2D eigenvalue weighted by atomic mass is 79.9. The molecule has 0 aliphatic heterocycles. The van der Waals surface area contributed by atoms with E-state index in [-0.39, 0.29) is 5.75 Å². The first kappa shape index (κ1) is 14.7. The third kappa shape index (κ3) is 6.19. The summed E-state index contributed by atoms with van der Waals surface area (Å²) in [5.74, 6) is 0.594. The van der Waals surface area contributed by atoms with Crippen LogP contribution in [0.15, 0.2) is 28.7 Å². The van der Waals surface area contributed by atoms with E-state index in [9.17, 15) is 8.42 Å². The molecule has 0 spiro atoms. The number of hydrogen-bond donors (Lipinski definition) is 1. The van der Waals surface area contributed by atoms with Crippen molar-refractivity contribution in [2.75, 3.05) is 5.75 Å².